The Balaban J connectivity index is 2.00. The molecule has 3 aromatic heterocycles. The van der Waals surface area contributed by atoms with Gasteiger partial charge in [-0.25, -0.2) is 15.0 Å². The van der Waals surface area contributed by atoms with Crippen molar-refractivity contribution >= 4 is 22.1 Å². The van der Waals surface area contributed by atoms with Gasteiger partial charge in [-0.05, 0) is 19.1 Å². The van der Waals surface area contributed by atoms with Crippen molar-refractivity contribution in [3.05, 3.63) is 42.5 Å². The number of H-pyrrole nitrogens is 1. The standard InChI is InChI=1S/C15H13N5/c1-9-3-4-12-10(5-9)11(6-16-12)14-17-7-13-15(19-14)20(2)8-18-13/h3-8,16H,1-2H3. The van der Waals surface area contributed by atoms with Crippen molar-refractivity contribution in [1.82, 2.24) is 24.5 Å². The van der Waals surface area contributed by atoms with Gasteiger partial charge in [0.05, 0.1) is 12.5 Å². The predicted molar refractivity (Wildman–Crippen MR) is 78.3 cm³/mol. The lowest BCUT2D eigenvalue weighted by Crippen LogP contribution is -1.92. The number of aromatic nitrogens is 5. The van der Waals surface area contributed by atoms with Crippen LogP contribution in [0.1, 0.15) is 5.56 Å². The fourth-order valence-electron chi connectivity index (χ4n) is 2.47. The van der Waals surface area contributed by atoms with Crippen LogP contribution in [-0.2, 0) is 7.05 Å². The van der Waals surface area contributed by atoms with Gasteiger partial charge in [-0.1, -0.05) is 11.6 Å². The van der Waals surface area contributed by atoms with Gasteiger partial charge in [0, 0.05) is 29.7 Å². The van der Waals surface area contributed by atoms with Gasteiger partial charge in [0.25, 0.3) is 0 Å². The van der Waals surface area contributed by atoms with Crippen LogP contribution in [-0.4, -0.2) is 24.5 Å². The van der Waals surface area contributed by atoms with Crippen molar-refractivity contribution in [2.24, 2.45) is 7.05 Å². The summed E-state index contributed by atoms with van der Waals surface area (Å²) in [6.07, 6.45) is 5.48. The van der Waals surface area contributed by atoms with Gasteiger partial charge in [-0.2, -0.15) is 0 Å². The van der Waals surface area contributed by atoms with Gasteiger partial charge in [0.15, 0.2) is 11.5 Å². The van der Waals surface area contributed by atoms with Crippen molar-refractivity contribution in [2.75, 3.05) is 0 Å². The SMILES string of the molecule is Cc1ccc2[nH]cc(-c3ncc4ncn(C)c4n3)c2c1. The number of hydrogen-bond donors (Lipinski definition) is 1. The molecule has 0 atom stereocenters. The van der Waals surface area contributed by atoms with Crippen molar-refractivity contribution in [3.63, 3.8) is 0 Å². The van der Waals surface area contributed by atoms with Gasteiger partial charge < -0.3 is 9.55 Å². The van der Waals surface area contributed by atoms with Gasteiger partial charge >= 0.3 is 0 Å². The van der Waals surface area contributed by atoms with Crippen LogP contribution in [0, 0.1) is 6.92 Å². The molecule has 0 aliphatic carbocycles. The summed E-state index contributed by atoms with van der Waals surface area (Å²) in [5.74, 6) is 0.720. The van der Waals surface area contributed by atoms with Crippen LogP contribution >= 0.6 is 0 Å². The first-order valence-corrected chi connectivity index (χ1v) is 6.44. The van der Waals surface area contributed by atoms with Gasteiger partial charge in [0.1, 0.15) is 5.52 Å². The molecular weight excluding hydrogens is 250 g/mol. The average Bonchev–Trinajstić information content (AvgIpc) is 3.02. The highest BCUT2D eigenvalue weighted by Gasteiger charge is 2.11. The minimum absolute atomic E-state index is 0.720. The number of aromatic amines is 1. The zero-order valence-corrected chi connectivity index (χ0v) is 11.3. The lowest BCUT2D eigenvalue weighted by molar-refractivity contribution is 0.929. The smallest absolute Gasteiger partial charge is 0.163 e. The Kier molecular flexibility index (Phi) is 2.18. The molecule has 1 aromatic carbocycles. The van der Waals surface area contributed by atoms with E-state index in [1.165, 1.54) is 5.56 Å². The van der Waals surface area contributed by atoms with Crippen LogP contribution in [0.5, 0.6) is 0 Å². The second kappa shape index (κ2) is 3.90. The maximum atomic E-state index is 4.63. The van der Waals surface area contributed by atoms with Crippen LogP contribution in [0.4, 0.5) is 0 Å². The van der Waals surface area contributed by atoms with Crippen LogP contribution in [0.2, 0.25) is 0 Å². The molecule has 1 N–H and O–H groups in total. The number of aryl methyl sites for hydroxylation is 2. The number of fused-ring (bicyclic) bond motifs is 2. The quantitative estimate of drug-likeness (QED) is 0.574. The van der Waals surface area contributed by atoms with Crippen molar-refractivity contribution < 1.29 is 0 Å². The minimum Gasteiger partial charge on any atom is -0.360 e. The van der Waals surface area contributed by atoms with E-state index in [2.05, 4.69) is 45.1 Å². The molecule has 20 heavy (non-hydrogen) atoms. The van der Waals surface area contributed by atoms with E-state index in [0.717, 1.165) is 33.5 Å². The zero-order chi connectivity index (χ0) is 13.7. The van der Waals surface area contributed by atoms with Crippen LogP contribution in [0.15, 0.2) is 36.9 Å². The largest absolute Gasteiger partial charge is 0.360 e. The number of nitrogens with one attached hydrogen (secondary N) is 1. The minimum atomic E-state index is 0.720. The van der Waals surface area contributed by atoms with E-state index in [-0.39, 0.29) is 0 Å². The molecule has 3 heterocycles. The third-order valence-electron chi connectivity index (χ3n) is 3.53. The fraction of sp³-hybridized carbons (Fsp3) is 0.133. The molecule has 0 saturated heterocycles. The Bertz CT molecular complexity index is 932. The summed E-state index contributed by atoms with van der Waals surface area (Å²) < 4.78 is 1.90. The molecule has 5 nitrogen and oxygen atoms in total. The van der Waals surface area contributed by atoms with E-state index in [4.69, 9.17) is 0 Å². The first-order valence-electron chi connectivity index (χ1n) is 6.44. The van der Waals surface area contributed by atoms with E-state index in [9.17, 15) is 0 Å². The maximum Gasteiger partial charge on any atom is 0.163 e. The first-order chi connectivity index (χ1) is 9.72. The molecule has 0 saturated carbocycles. The summed E-state index contributed by atoms with van der Waals surface area (Å²) >= 11 is 0. The average molecular weight is 263 g/mol. The normalized spacial score (nSPS) is 11.5. The lowest BCUT2D eigenvalue weighted by atomic mass is 10.1. The highest BCUT2D eigenvalue weighted by molar-refractivity contribution is 5.94. The number of benzene rings is 1. The summed E-state index contributed by atoms with van der Waals surface area (Å²) in [6.45, 7) is 2.08. The molecule has 0 aliphatic heterocycles. The number of hydrogen-bond acceptors (Lipinski definition) is 3. The second-order valence-electron chi connectivity index (χ2n) is 5.01. The molecule has 0 amide bonds. The predicted octanol–water partition coefficient (Wildman–Crippen LogP) is 2.82. The number of rotatable bonds is 1. The fourth-order valence-corrected chi connectivity index (χ4v) is 2.47. The zero-order valence-electron chi connectivity index (χ0n) is 11.3. The van der Waals surface area contributed by atoms with Crippen LogP contribution < -0.4 is 0 Å². The Labute approximate surface area is 115 Å². The highest BCUT2D eigenvalue weighted by atomic mass is 15.1. The lowest BCUT2D eigenvalue weighted by Gasteiger charge is -2.00. The monoisotopic (exact) mass is 263 g/mol. The summed E-state index contributed by atoms with van der Waals surface area (Å²) in [6, 6.07) is 6.32. The Morgan fingerprint density at radius 1 is 1.20 bits per heavy atom. The molecule has 0 unspecified atom stereocenters. The maximum absolute atomic E-state index is 4.63. The van der Waals surface area contributed by atoms with Gasteiger partial charge in [-0.3, -0.25) is 0 Å². The van der Waals surface area contributed by atoms with E-state index in [1.807, 2.05) is 17.8 Å². The third kappa shape index (κ3) is 1.53. The van der Waals surface area contributed by atoms with Gasteiger partial charge in [0.2, 0.25) is 0 Å². The molecule has 98 valence electrons. The number of imidazole rings is 1. The van der Waals surface area contributed by atoms with Gasteiger partial charge in [-0.15, -0.1) is 0 Å². The van der Waals surface area contributed by atoms with E-state index < -0.39 is 0 Å². The van der Waals surface area contributed by atoms with E-state index in [0.29, 0.717) is 0 Å². The molecule has 5 heteroatoms. The molecule has 4 rings (SSSR count). The van der Waals surface area contributed by atoms with Crippen molar-refractivity contribution in [1.29, 1.82) is 0 Å². The Morgan fingerprint density at radius 3 is 3.00 bits per heavy atom. The summed E-state index contributed by atoms with van der Waals surface area (Å²) in [5.41, 5.74) is 5.00. The molecule has 0 fully saturated rings. The summed E-state index contributed by atoms with van der Waals surface area (Å²) in [7, 11) is 1.94. The highest BCUT2D eigenvalue weighted by Crippen LogP contribution is 2.27. The van der Waals surface area contributed by atoms with E-state index >= 15 is 0 Å². The molecule has 0 radical (unpaired) electrons. The second-order valence-corrected chi connectivity index (χ2v) is 5.01. The molecule has 0 bridgehead atoms. The number of nitrogens with zero attached hydrogens (tertiary/aromatic N) is 4. The molecule has 0 spiro atoms. The van der Waals surface area contributed by atoms with Crippen LogP contribution in [0.3, 0.4) is 0 Å². The molecule has 0 aliphatic rings. The first kappa shape index (κ1) is 11.2. The summed E-state index contributed by atoms with van der Waals surface area (Å²) in [4.78, 5) is 16.6. The Morgan fingerprint density at radius 2 is 2.10 bits per heavy atom. The van der Waals surface area contributed by atoms with Crippen molar-refractivity contribution in [2.45, 2.75) is 6.92 Å². The third-order valence-corrected chi connectivity index (χ3v) is 3.53. The molecule has 4 aromatic rings. The topological polar surface area (TPSA) is 59.4 Å². The molecular formula is C15H13N5. The Hall–Kier alpha value is -2.69. The summed E-state index contributed by atoms with van der Waals surface area (Å²) in [5, 5.41) is 1.14. The van der Waals surface area contributed by atoms with E-state index in [1.54, 1.807) is 12.5 Å². The van der Waals surface area contributed by atoms with Crippen LogP contribution in [0.25, 0.3) is 33.5 Å². The van der Waals surface area contributed by atoms with Crippen molar-refractivity contribution in [3.8, 4) is 11.4 Å².